The van der Waals surface area contributed by atoms with Gasteiger partial charge in [-0.25, -0.2) is 19.6 Å². The van der Waals surface area contributed by atoms with Crippen LogP contribution in [0.3, 0.4) is 0 Å². The number of nitrogens with zero attached hydrogens (tertiary/aromatic N) is 5. The van der Waals surface area contributed by atoms with Crippen LogP contribution in [0, 0.1) is 6.92 Å². The van der Waals surface area contributed by atoms with Crippen LogP contribution in [0.2, 0.25) is 0 Å². The van der Waals surface area contributed by atoms with E-state index in [1.165, 1.54) is 0 Å². The Morgan fingerprint density at radius 2 is 1.57 bits per heavy atom. The molecule has 9 heteroatoms. The molecule has 0 spiro atoms. The molecule has 0 N–H and O–H groups in total. The summed E-state index contributed by atoms with van der Waals surface area (Å²) in [4.78, 5) is 39.7. The molecule has 2 aromatic heterocycles. The first-order chi connectivity index (χ1) is 22.6. The number of amides is 2. The summed E-state index contributed by atoms with van der Waals surface area (Å²) < 4.78 is 13.1. The summed E-state index contributed by atoms with van der Waals surface area (Å²) >= 11 is 0. The van der Waals surface area contributed by atoms with E-state index in [1.807, 2.05) is 71.3 Å². The van der Waals surface area contributed by atoms with Crippen LogP contribution in [-0.4, -0.2) is 50.3 Å². The number of imidazole rings is 1. The number of benzene rings is 3. The van der Waals surface area contributed by atoms with Gasteiger partial charge in [0.15, 0.2) is 5.65 Å². The van der Waals surface area contributed by atoms with Crippen LogP contribution >= 0.6 is 0 Å². The molecule has 1 saturated heterocycles. The first-order valence-corrected chi connectivity index (χ1v) is 16.2. The third-order valence-corrected chi connectivity index (χ3v) is 8.17. The molecular weight excluding hydrogens is 590 g/mol. The lowest BCUT2D eigenvalue weighted by atomic mass is 10.0. The summed E-state index contributed by atoms with van der Waals surface area (Å²) in [5.74, 6) is 1.37. The zero-order valence-corrected chi connectivity index (χ0v) is 27.7. The molecule has 1 fully saturated rings. The SMILES string of the molecule is CCc1nc2cc(N3CCCN(Cc4ccccc4)C3=O)c(C)nc2n1Cc1ccc(-c2ccccc2OC(=O)OC(C)(C)C)cc1. The van der Waals surface area contributed by atoms with Crippen molar-refractivity contribution in [1.82, 2.24) is 19.4 Å². The number of anilines is 1. The van der Waals surface area contributed by atoms with Gasteiger partial charge in [-0.05, 0) is 62.9 Å². The van der Waals surface area contributed by atoms with Crippen LogP contribution in [0.5, 0.6) is 5.75 Å². The maximum Gasteiger partial charge on any atom is 0.514 e. The number of carbonyl (C=O) groups excluding carboxylic acids is 2. The summed E-state index contributed by atoms with van der Waals surface area (Å²) in [5, 5.41) is 0. The second-order valence-corrected chi connectivity index (χ2v) is 12.9. The highest BCUT2D eigenvalue weighted by atomic mass is 16.7. The highest BCUT2D eigenvalue weighted by Gasteiger charge is 2.29. The van der Waals surface area contributed by atoms with Crippen molar-refractivity contribution in [3.05, 3.63) is 108 Å². The monoisotopic (exact) mass is 631 g/mol. The summed E-state index contributed by atoms with van der Waals surface area (Å²) in [5.41, 5.74) is 6.46. The lowest BCUT2D eigenvalue weighted by molar-refractivity contribution is 0.0207. The van der Waals surface area contributed by atoms with E-state index >= 15 is 0 Å². The number of ether oxygens (including phenoxy) is 2. The van der Waals surface area contributed by atoms with E-state index in [4.69, 9.17) is 19.4 Å². The molecular formula is C38H41N5O4. The van der Waals surface area contributed by atoms with Gasteiger partial charge < -0.3 is 18.9 Å². The number of carbonyl (C=O) groups is 2. The van der Waals surface area contributed by atoms with Gasteiger partial charge in [0.05, 0.1) is 17.9 Å². The number of aryl methyl sites for hydroxylation is 2. The molecule has 0 atom stereocenters. The lowest BCUT2D eigenvalue weighted by Crippen LogP contribution is -2.49. The molecule has 0 aliphatic carbocycles. The number of aromatic nitrogens is 3. The molecule has 3 aromatic carbocycles. The van der Waals surface area contributed by atoms with Crippen molar-refractivity contribution < 1.29 is 19.1 Å². The highest BCUT2D eigenvalue weighted by Crippen LogP contribution is 2.32. The van der Waals surface area contributed by atoms with E-state index in [1.54, 1.807) is 26.8 Å². The fourth-order valence-electron chi connectivity index (χ4n) is 5.97. The smallest absolute Gasteiger partial charge is 0.428 e. The number of hydrogen-bond donors (Lipinski definition) is 0. The number of fused-ring (bicyclic) bond motifs is 1. The molecule has 0 bridgehead atoms. The normalized spacial score (nSPS) is 13.7. The van der Waals surface area contributed by atoms with Gasteiger partial charge in [0.25, 0.3) is 0 Å². The van der Waals surface area contributed by atoms with Gasteiger partial charge in [-0.15, -0.1) is 0 Å². The molecule has 0 unspecified atom stereocenters. The maximum absolute atomic E-state index is 13.6. The highest BCUT2D eigenvalue weighted by molar-refractivity contribution is 5.95. The average Bonchev–Trinajstić information content (AvgIpc) is 3.38. The molecule has 242 valence electrons. The third-order valence-electron chi connectivity index (χ3n) is 8.17. The first-order valence-electron chi connectivity index (χ1n) is 16.2. The van der Waals surface area contributed by atoms with Crippen LogP contribution in [0.1, 0.15) is 56.8 Å². The Bertz CT molecular complexity index is 1890. The Morgan fingerprint density at radius 3 is 2.30 bits per heavy atom. The average molecular weight is 632 g/mol. The Morgan fingerprint density at radius 1 is 0.872 bits per heavy atom. The van der Waals surface area contributed by atoms with E-state index in [9.17, 15) is 9.59 Å². The largest absolute Gasteiger partial charge is 0.514 e. The van der Waals surface area contributed by atoms with Gasteiger partial charge in [-0.2, -0.15) is 0 Å². The summed E-state index contributed by atoms with van der Waals surface area (Å²) in [6.07, 6.45) is 0.894. The predicted molar refractivity (Wildman–Crippen MR) is 184 cm³/mol. The van der Waals surface area contributed by atoms with Gasteiger partial charge in [0.1, 0.15) is 22.7 Å². The van der Waals surface area contributed by atoms with Crippen molar-refractivity contribution in [3.8, 4) is 16.9 Å². The Labute approximate surface area is 275 Å². The van der Waals surface area contributed by atoms with Crippen LogP contribution in [-0.2, 0) is 24.2 Å². The molecule has 3 heterocycles. The summed E-state index contributed by atoms with van der Waals surface area (Å²) in [6.45, 7) is 12.0. The zero-order chi connectivity index (χ0) is 33.1. The van der Waals surface area contributed by atoms with Crippen molar-refractivity contribution in [2.45, 2.75) is 66.2 Å². The van der Waals surface area contributed by atoms with E-state index < -0.39 is 11.8 Å². The number of para-hydroxylation sites is 1. The standard InChI is InChI=1S/C38H41N5O4/c1-6-34-40-31-23-32(42-22-12-21-41(36(42)44)24-27-13-8-7-9-14-27)26(2)39-35(31)43(34)25-28-17-19-29(20-18-28)30-15-10-11-16-33(30)46-37(45)47-38(3,4)5/h7-11,13-20,23H,6,12,21-22,24-25H2,1-5H3. The minimum atomic E-state index is -0.735. The van der Waals surface area contributed by atoms with E-state index in [-0.39, 0.29) is 6.03 Å². The van der Waals surface area contributed by atoms with Crippen molar-refractivity contribution >= 4 is 29.0 Å². The van der Waals surface area contributed by atoms with E-state index in [0.717, 1.165) is 70.0 Å². The minimum Gasteiger partial charge on any atom is -0.428 e. The first kappa shape index (κ1) is 31.8. The molecule has 1 aliphatic rings. The molecule has 47 heavy (non-hydrogen) atoms. The number of pyridine rings is 1. The molecule has 5 aromatic rings. The third kappa shape index (κ3) is 7.14. The topological polar surface area (TPSA) is 89.8 Å². The lowest BCUT2D eigenvalue weighted by Gasteiger charge is -2.36. The Hall–Kier alpha value is -5.18. The zero-order valence-electron chi connectivity index (χ0n) is 27.7. The number of rotatable bonds is 8. The van der Waals surface area contributed by atoms with Gasteiger partial charge >= 0.3 is 12.2 Å². The minimum absolute atomic E-state index is 0.00217. The fourth-order valence-corrected chi connectivity index (χ4v) is 5.97. The summed E-state index contributed by atoms with van der Waals surface area (Å²) in [7, 11) is 0. The second-order valence-electron chi connectivity index (χ2n) is 12.9. The van der Waals surface area contributed by atoms with Crippen molar-refractivity contribution in [3.63, 3.8) is 0 Å². The maximum atomic E-state index is 13.6. The predicted octanol–water partition coefficient (Wildman–Crippen LogP) is 8.16. The summed E-state index contributed by atoms with van der Waals surface area (Å²) in [6, 6.07) is 27.7. The molecule has 0 radical (unpaired) electrons. The quantitative estimate of drug-likeness (QED) is 0.127. The van der Waals surface area contributed by atoms with Gasteiger partial charge in [-0.1, -0.05) is 79.7 Å². The fraction of sp³-hybridized carbons (Fsp3) is 0.316. The molecule has 6 rings (SSSR count). The molecule has 1 aliphatic heterocycles. The molecule has 9 nitrogen and oxygen atoms in total. The Kier molecular flexibility index (Phi) is 8.98. The van der Waals surface area contributed by atoms with Crippen LogP contribution in [0.25, 0.3) is 22.3 Å². The van der Waals surface area contributed by atoms with Crippen LogP contribution < -0.4 is 9.64 Å². The van der Waals surface area contributed by atoms with Crippen molar-refractivity contribution in [1.29, 1.82) is 0 Å². The van der Waals surface area contributed by atoms with Gasteiger partial charge in [-0.3, -0.25) is 4.90 Å². The van der Waals surface area contributed by atoms with Crippen LogP contribution in [0.15, 0.2) is 84.9 Å². The van der Waals surface area contributed by atoms with Crippen molar-refractivity contribution in [2.24, 2.45) is 0 Å². The Balaban J connectivity index is 1.23. The van der Waals surface area contributed by atoms with E-state index in [0.29, 0.717) is 25.4 Å². The second kappa shape index (κ2) is 13.3. The van der Waals surface area contributed by atoms with Crippen LogP contribution in [0.4, 0.5) is 15.3 Å². The van der Waals surface area contributed by atoms with E-state index in [2.05, 4.69) is 35.8 Å². The number of urea groups is 1. The molecule has 0 saturated carbocycles. The van der Waals surface area contributed by atoms with Gasteiger partial charge in [0.2, 0.25) is 0 Å². The molecule has 2 amide bonds. The number of hydrogen-bond acceptors (Lipinski definition) is 6. The van der Waals surface area contributed by atoms with Gasteiger partial charge in [0, 0.05) is 31.6 Å². The van der Waals surface area contributed by atoms with Crippen molar-refractivity contribution in [2.75, 3.05) is 18.0 Å².